The van der Waals surface area contributed by atoms with E-state index < -0.39 is 21.9 Å². The van der Waals surface area contributed by atoms with E-state index in [1.54, 1.807) is 0 Å². The number of carboxylic acid groups (broad SMARTS) is 1. The fourth-order valence-electron chi connectivity index (χ4n) is 1.55. The number of sulfone groups is 1. The lowest BCUT2D eigenvalue weighted by Crippen LogP contribution is -2.14. The third-order valence-corrected chi connectivity index (χ3v) is 3.53. The van der Waals surface area contributed by atoms with Crippen LogP contribution in [-0.2, 0) is 14.6 Å². The van der Waals surface area contributed by atoms with Gasteiger partial charge in [0.1, 0.15) is 16.4 Å². The van der Waals surface area contributed by atoms with Gasteiger partial charge in [-0.1, -0.05) is 0 Å². The number of hydrogen-bond donors (Lipinski definition) is 2. The summed E-state index contributed by atoms with van der Waals surface area (Å²) in [6.45, 7) is 0. The van der Waals surface area contributed by atoms with Crippen molar-refractivity contribution in [2.75, 3.05) is 20.5 Å². The lowest BCUT2D eigenvalue weighted by atomic mass is 10.1. The molecular formula is C11H14O7S. The average molecular weight is 290 g/mol. The minimum absolute atomic E-state index is 0.108. The Morgan fingerprint density at radius 2 is 1.84 bits per heavy atom. The van der Waals surface area contributed by atoms with E-state index >= 15 is 0 Å². The van der Waals surface area contributed by atoms with Gasteiger partial charge in [0, 0.05) is 17.9 Å². The summed E-state index contributed by atoms with van der Waals surface area (Å²) in [6.07, 6.45) is -0.966. The zero-order valence-electron chi connectivity index (χ0n) is 10.6. The van der Waals surface area contributed by atoms with Crippen LogP contribution in [-0.4, -0.2) is 45.1 Å². The minimum Gasteiger partial charge on any atom is -0.497 e. The van der Waals surface area contributed by atoms with Gasteiger partial charge in [-0.2, -0.15) is 0 Å². The van der Waals surface area contributed by atoms with Crippen molar-refractivity contribution in [2.24, 2.45) is 0 Å². The van der Waals surface area contributed by atoms with E-state index in [1.807, 2.05) is 0 Å². The van der Waals surface area contributed by atoms with Crippen LogP contribution < -0.4 is 9.47 Å². The second kappa shape index (κ2) is 5.45. The van der Waals surface area contributed by atoms with Gasteiger partial charge in [-0.05, 0) is 6.07 Å². The highest BCUT2D eigenvalue weighted by Crippen LogP contribution is 2.36. The van der Waals surface area contributed by atoms with Crippen molar-refractivity contribution in [1.82, 2.24) is 0 Å². The highest BCUT2D eigenvalue weighted by Gasteiger charge is 2.27. The van der Waals surface area contributed by atoms with Gasteiger partial charge in [-0.3, -0.25) is 0 Å². The van der Waals surface area contributed by atoms with Crippen molar-refractivity contribution in [3.05, 3.63) is 17.7 Å². The monoisotopic (exact) mass is 290 g/mol. The maximum atomic E-state index is 11.7. The molecule has 0 aliphatic carbocycles. The second-order valence-electron chi connectivity index (χ2n) is 3.76. The van der Waals surface area contributed by atoms with Crippen molar-refractivity contribution in [3.8, 4) is 11.5 Å². The van der Waals surface area contributed by atoms with E-state index in [2.05, 4.69) is 0 Å². The van der Waals surface area contributed by atoms with Crippen LogP contribution in [0.4, 0.5) is 0 Å². The van der Waals surface area contributed by atoms with Gasteiger partial charge < -0.3 is 19.7 Å². The van der Waals surface area contributed by atoms with Gasteiger partial charge in [0.25, 0.3) is 0 Å². The summed E-state index contributed by atoms with van der Waals surface area (Å²) in [5.74, 6) is -1.62. The molecule has 106 valence electrons. The summed E-state index contributed by atoms with van der Waals surface area (Å²) < 4.78 is 33.1. The van der Waals surface area contributed by atoms with Gasteiger partial charge in [0.05, 0.1) is 14.2 Å². The molecule has 1 aromatic rings. The third kappa shape index (κ3) is 3.15. The van der Waals surface area contributed by atoms with Crippen LogP contribution in [0.25, 0.3) is 0 Å². The molecular weight excluding hydrogens is 276 g/mol. The number of carboxylic acids is 1. The molecule has 0 aliphatic heterocycles. The fraction of sp³-hybridized carbons (Fsp3) is 0.364. The van der Waals surface area contributed by atoms with Crippen LogP contribution >= 0.6 is 0 Å². The number of aliphatic carboxylic acids is 1. The first-order valence-electron chi connectivity index (χ1n) is 5.09. The van der Waals surface area contributed by atoms with Crippen molar-refractivity contribution in [3.63, 3.8) is 0 Å². The summed E-state index contributed by atoms with van der Waals surface area (Å²) in [5, 5.41) is 18.4. The van der Waals surface area contributed by atoms with Crippen LogP contribution in [0.3, 0.4) is 0 Å². The highest BCUT2D eigenvalue weighted by molar-refractivity contribution is 7.90. The summed E-state index contributed by atoms with van der Waals surface area (Å²) in [7, 11) is -1.18. The van der Waals surface area contributed by atoms with Crippen LogP contribution in [0.5, 0.6) is 11.5 Å². The lowest BCUT2D eigenvalue weighted by molar-refractivity contribution is -0.147. The molecule has 1 aromatic carbocycles. The van der Waals surface area contributed by atoms with E-state index in [4.69, 9.17) is 14.6 Å². The first kappa shape index (κ1) is 15.3. The number of hydrogen-bond acceptors (Lipinski definition) is 6. The molecule has 0 aliphatic rings. The molecule has 0 heterocycles. The topological polar surface area (TPSA) is 110 Å². The van der Waals surface area contributed by atoms with E-state index in [9.17, 15) is 18.3 Å². The van der Waals surface area contributed by atoms with Crippen molar-refractivity contribution in [1.29, 1.82) is 0 Å². The van der Waals surface area contributed by atoms with Crippen LogP contribution in [0, 0.1) is 0 Å². The molecule has 0 spiro atoms. The number of benzene rings is 1. The van der Waals surface area contributed by atoms with Gasteiger partial charge in [-0.15, -0.1) is 0 Å². The minimum atomic E-state index is -3.67. The van der Waals surface area contributed by atoms with E-state index in [-0.39, 0.29) is 22.0 Å². The van der Waals surface area contributed by atoms with E-state index in [0.717, 1.165) is 6.26 Å². The van der Waals surface area contributed by atoms with Crippen LogP contribution in [0.2, 0.25) is 0 Å². The first-order chi connectivity index (χ1) is 8.72. The molecule has 0 radical (unpaired) electrons. The molecule has 1 rings (SSSR count). The maximum Gasteiger partial charge on any atom is 0.337 e. The molecule has 1 unspecified atom stereocenters. The Balaban J connectivity index is 3.66. The zero-order chi connectivity index (χ0) is 14.8. The van der Waals surface area contributed by atoms with Crippen LogP contribution in [0.15, 0.2) is 17.0 Å². The number of methoxy groups -OCH3 is 2. The molecule has 0 aromatic heterocycles. The lowest BCUT2D eigenvalue weighted by Gasteiger charge is -2.16. The van der Waals surface area contributed by atoms with Crippen LogP contribution in [0.1, 0.15) is 11.7 Å². The summed E-state index contributed by atoms with van der Waals surface area (Å²) in [6, 6.07) is 2.42. The average Bonchev–Trinajstić information content (AvgIpc) is 2.34. The third-order valence-electron chi connectivity index (χ3n) is 2.42. The first-order valence-corrected chi connectivity index (χ1v) is 6.98. The number of aliphatic hydroxyl groups excluding tert-OH is 1. The van der Waals surface area contributed by atoms with Crippen molar-refractivity contribution >= 4 is 15.8 Å². The largest absolute Gasteiger partial charge is 0.497 e. The standard InChI is InChI=1S/C11H14O7S/c1-17-6-4-7(9(12)11(13)14)10(18-2)8(5-6)19(3,15)16/h4-5,9,12H,1-3H3,(H,13,14). The molecule has 19 heavy (non-hydrogen) atoms. The summed E-state index contributed by atoms with van der Waals surface area (Å²) in [4.78, 5) is 10.6. The Bertz CT molecular complexity index is 591. The molecule has 0 fully saturated rings. The molecule has 1 atom stereocenters. The SMILES string of the molecule is COc1cc(C(O)C(=O)O)c(OC)c(S(C)(=O)=O)c1. The van der Waals surface area contributed by atoms with Crippen molar-refractivity contribution in [2.45, 2.75) is 11.0 Å². The normalized spacial score (nSPS) is 12.8. The Morgan fingerprint density at radius 1 is 1.26 bits per heavy atom. The van der Waals surface area contributed by atoms with Gasteiger partial charge in [-0.25, -0.2) is 13.2 Å². The molecule has 0 saturated heterocycles. The molecule has 7 nitrogen and oxygen atoms in total. The number of ether oxygens (including phenoxy) is 2. The predicted molar refractivity (Wildman–Crippen MR) is 65.3 cm³/mol. The van der Waals surface area contributed by atoms with E-state index in [0.29, 0.717) is 0 Å². The smallest absolute Gasteiger partial charge is 0.337 e. The summed E-state index contributed by atoms with van der Waals surface area (Å²) in [5.41, 5.74) is -0.185. The highest BCUT2D eigenvalue weighted by atomic mass is 32.2. The Hall–Kier alpha value is -1.80. The number of aliphatic hydroxyl groups is 1. The molecule has 2 N–H and O–H groups in total. The van der Waals surface area contributed by atoms with Gasteiger partial charge >= 0.3 is 5.97 Å². The molecule has 0 saturated carbocycles. The zero-order valence-corrected chi connectivity index (χ0v) is 11.4. The predicted octanol–water partition coefficient (Wildman–Crippen LogP) is 0.225. The fourth-order valence-corrected chi connectivity index (χ4v) is 2.41. The van der Waals surface area contributed by atoms with Gasteiger partial charge in [0.2, 0.25) is 0 Å². The Labute approximate surface area is 110 Å². The number of carbonyl (C=O) groups is 1. The van der Waals surface area contributed by atoms with E-state index in [1.165, 1.54) is 26.4 Å². The molecule has 0 amide bonds. The summed E-state index contributed by atoms with van der Waals surface area (Å²) >= 11 is 0. The maximum absolute atomic E-state index is 11.7. The van der Waals surface area contributed by atoms with Crippen molar-refractivity contribution < 1.29 is 32.9 Å². The Kier molecular flexibility index (Phi) is 4.38. The Morgan fingerprint density at radius 3 is 2.21 bits per heavy atom. The molecule has 0 bridgehead atoms. The van der Waals surface area contributed by atoms with Gasteiger partial charge in [0.15, 0.2) is 15.9 Å². The quantitative estimate of drug-likeness (QED) is 0.798. The number of rotatable bonds is 5. The molecule has 8 heteroatoms. The second-order valence-corrected chi connectivity index (χ2v) is 5.75.